The van der Waals surface area contributed by atoms with Gasteiger partial charge in [-0.1, -0.05) is 19.3 Å². The maximum absolute atomic E-state index is 12.4. The molecule has 2 atom stereocenters. The third kappa shape index (κ3) is 3.90. The van der Waals surface area contributed by atoms with Crippen molar-refractivity contribution >= 4 is 10.2 Å². The smallest absolute Gasteiger partial charge is 0.279 e. The van der Waals surface area contributed by atoms with Crippen LogP contribution in [-0.4, -0.2) is 44.6 Å². The van der Waals surface area contributed by atoms with Crippen molar-refractivity contribution in [3.05, 3.63) is 0 Å². The highest BCUT2D eigenvalue weighted by Crippen LogP contribution is 2.23. The maximum atomic E-state index is 12.4. The minimum absolute atomic E-state index is 0.0227. The fourth-order valence-electron chi connectivity index (χ4n) is 3.03. The lowest BCUT2D eigenvalue weighted by Gasteiger charge is -2.32. The second-order valence-electron chi connectivity index (χ2n) is 5.77. The second kappa shape index (κ2) is 6.52. The molecule has 1 heterocycles. The molecule has 19 heavy (non-hydrogen) atoms. The molecule has 1 saturated carbocycles. The number of nitrogens with one attached hydrogen (secondary N) is 1. The highest BCUT2D eigenvalue weighted by Gasteiger charge is 2.31. The summed E-state index contributed by atoms with van der Waals surface area (Å²) >= 11 is 0. The Balaban J connectivity index is 1.92. The summed E-state index contributed by atoms with van der Waals surface area (Å²) in [4.78, 5) is 0. The fraction of sp³-hybridized carbons (Fsp3) is 1.00. The van der Waals surface area contributed by atoms with E-state index in [1.807, 2.05) is 6.92 Å². The third-order valence-electron chi connectivity index (χ3n) is 4.33. The van der Waals surface area contributed by atoms with E-state index >= 15 is 0 Å². The molecule has 0 aromatic heterocycles. The molecule has 1 N–H and O–H groups in total. The molecule has 2 rings (SSSR count). The average molecular weight is 290 g/mol. The van der Waals surface area contributed by atoms with Crippen molar-refractivity contribution in [2.24, 2.45) is 0 Å². The van der Waals surface area contributed by atoms with Crippen LogP contribution in [0.1, 0.15) is 51.9 Å². The van der Waals surface area contributed by atoms with Gasteiger partial charge in [-0.05, 0) is 32.6 Å². The molecule has 5 nitrogen and oxygen atoms in total. The van der Waals surface area contributed by atoms with Crippen molar-refractivity contribution in [2.45, 2.75) is 70.1 Å². The van der Waals surface area contributed by atoms with E-state index < -0.39 is 10.2 Å². The van der Waals surface area contributed by atoms with Gasteiger partial charge >= 0.3 is 0 Å². The summed E-state index contributed by atoms with van der Waals surface area (Å²) in [5.41, 5.74) is 0. The normalized spacial score (nSPS) is 27.8. The molecule has 2 fully saturated rings. The van der Waals surface area contributed by atoms with Gasteiger partial charge in [0.25, 0.3) is 10.2 Å². The van der Waals surface area contributed by atoms with Crippen LogP contribution in [0.2, 0.25) is 0 Å². The van der Waals surface area contributed by atoms with Gasteiger partial charge in [0.2, 0.25) is 0 Å². The van der Waals surface area contributed by atoms with E-state index in [9.17, 15) is 8.42 Å². The average Bonchev–Trinajstić information content (AvgIpc) is 2.92. The first-order valence-corrected chi connectivity index (χ1v) is 8.81. The molecule has 0 spiro atoms. The van der Waals surface area contributed by atoms with Gasteiger partial charge in [-0.25, -0.2) is 0 Å². The Hall–Kier alpha value is -0.170. The summed E-state index contributed by atoms with van der Waals surface area (Å²) in [5, 5.41) is 0. The second-order valence-corrected chi connectivity index (χ2v) is 7.53. The van der Waals surface area contributed by atoms with E-state index in [-0.39, 0.29) is 18.2 Å². The van der Waals surface area contributed by atoms with Crippen molar-refractivity contribution in [1.29, 1.82) is 0 Å². The van der Waals surface area contributed by atoms with E-state index in [1.54, 1.807) is 7.05 Å². The molecule has 0 radical (unpaired) electrons. The predicted octanol–water partition coefficient (Wildman–Crippen LogP) is 1.65. The van der Waals surface area contributed by atoms with Crippen LogP contribution in [0.4, 0.5) is 0 Å². The van der Waals surface area contributed by atoms with Gasteiger partial charge in [-0.2, -0.15) is 17.4 Å². The first-order chi connectivity index (χ1) is 9.00. The zero-order valence-corrected chi connectivity index (χ0v) is 12.8. The highest BCUT2D eigenvalue weighted by molar-refractivity contribution is 7.87. The number of nitrogens with zero attached hydrogens (tertiary/aromatic N) is 1. The van der Waals surface area contributed by atoms with Gasteiger partial charge in [0.05, 0.1) is 6.10 Å². The molecular formula is C13H26N2O3S. The summed E-state index contributed by atoms with van der Waals surface area (Å²) in [6.07, 6.45) is 7.43. The molecule has 2 unspecified atom stereocenters. The lowest BCUT2D eigenvalue weighted by Crippen LogP contribution is -2.50. The van der Waals surface area contributed by atoms with E-state index in [0.29, 0.717) is 0 Å². The minimum atomic E-state index is -3.39. The van der Waals surface area contributed by atoms with Gasteiger partial charge in [0, 0.05) is 25.7 Å². The lowest BCUT2D eigenvalue weighted by atomic mass is 9.96. The van der Waals surface area contributed by atoms with E-state index in [2.05, 4.69) is 4.72 Å². The monoisotopic (exact) mass is 290 g/mol. The van der Waals surface area contributed by atoms with Crippen LogP contribution < -0.4 is 4.72 Å². The first kappa shape index (κ1) is 15.2. The zero-order chi connectivity index (χ0) is 13.9. The molecular weight excluding hydrogens is 264 g/mol. The molecule has 0 aromatic rings. The summed E-state index contributed by atoms with van der Waals surface area (Å²) in [7, 11) is -1.70. The third-order valence-corrected chi connectivity index (χ3v) is 6.05. The summed E-state index contributed by atoms with van der Waals surface area (Å²) in [6, 6.07) is 0.00138. The van der Waals surface area contributed by atoms with Crippen molar-refractivity contribution in [1.82, 2.24) is 9.03 Å². The van der Waals surface area contributed by atoms with Crippen LogP contribution in [0.3, 0.4) is 0 Å². The van der Waals surface area contributed by atoms with E-state index in [1.165, 1.54) is 10.7 Å². The Labute approximate surface area is 116 Å². The Morgan fingerprint density at radius 3 is 2.42 bits per heavy atom. The quantitative estimate of drug-likeness (QED) is 0.837. The van der Waals surface area contributed by atoms with Gasteiger partial charge in [0.1, 0.15) is 0 Å². The number of rotatable bonds is 5. The van der Waals surface area contributed by atoms with Crippen molar-refractivity contribution in [2.75, 3.05) is 13.7 Å². The number of hydrogen-bond acceptors (Lipinski definition) is 3. The minimum Gasteiger partial charge on any atom is -0.377 e. The van der Waals surface area contributed by atoms with Crippen molar-refractivity contribution in [3.63, 3.8) is 0 Å². The molecule has 0 amide bonds. The standard InChI is InChI=1S/C13H26N2O3S/c1-11(13-9-6-10-18-13)14-19(16,17)15(2)12-7-4-3-5-8-12/h11-14H,3-10H2,1-2H3. The number of hydrogen-bond donors (Lipinski definition) is 1. The molecule has 6 heteroatoms. The van der Waals surface area contributed by atoms with Crippen LogP contribution in [0.25, 0.3) is 0 Å². The van der Waals surface area contributed by atoms with Crippen LogP contribution in [0.5, 0.6) is 0 Å². The molecule has 2 aliphatic rings. The van der Waals surface area contributed by atoms with Crippen molar-refractivity contribution < 1.29 is 13.2 Å². The Kier molecular flexibility index (Phi) is 5.22. The van der Waals surface area contributed by atoms with Gasteiger partial charge < -0.3 is 4.74 Å². The topological polar surface area (TPSA) is 58.6 Å². The molecule has 112 valence electrons. The van der Waals surface area contributed by atoms with Crippen LogP contribution in [0, 0.1) is 0 Å². The lowest BCUT2D eigenvalue weighted by molar-refractivity contribution is 0.0894. The molecule has 1 aliphatic carbocycles. The Morgan fingerprint density at radius 1 is 1.16 bits per heavy atom. The molecule has 1 saturated heterocycles. The summed E-state index contributed by atoms with van der Waals surface area (Å²) < 4.78 is 34.5. The largest absolute Gasteiger partial charge is 0.377 e. The zero-order valence-electron chi connectivity index (χ0n) is 12.0. The van der Waals surface area contributed by atoms with Crippen molar-refractivity contribution in [3.8, 4) is 0 Å². The highest BCUT2D eigenvalue weighted by atomic mass is 32.2. The van der Waals surface area contributed by atoms with Gasteiger partial charge in [0.15, 0.2) is 0 Å². The molecule has 0 bridgehead atoms. The Morgan fingerprint density at radius 2 is 1.84 bits per heavy atom. The number of ether oxygens (including phenoxy) is 1. The van der Waals surface area contributed by atoms with Gasteiger partial charge in [-0.3, -0.25) is 0 Å². The van der Waals surface area contributed by atoms with Crippen LogP contribution >= 0.6 is 0 Å². The fourth-order valence-corrected chi connectivity index (χ4v) is 4.42. The van der Waals surface area contributed by atoms with Gasteiger partial charge in [-0.15, -0.1) is 0 Å². The summed E-state index contributed by atoms with van der Waals surface area (Å²) in [6.45, 7) is 2.64. The molecule has 1 aliphatic heterocycles. The van der Waals surface area contributed by atoms with Crippen LogP contribution in [-0.2, 0) is 14.9 Å². The summed E-state index contributed by atoms with van der Waals surface area (Å²) in [5.74, 6) is 0. The molecule has 0 aromatic carbocycles. The predicted molar refractivity (Wildman–Crippen MR) is 75.1 cm³/mol. The van der Waals surface area contributed by atoms with E-state index in [0.717, 1.165) is 45.1 Å². The maximum Gasteiger partial charge on any atom is 0.279 e. The SMILES string of the molecule is CC(NS(=O)(=O)N(C)C1CCCCC1)C1CCCO1. The first-order valence-electron chi connectivity index (χ1n) is 7.37. The van der Waals surface area contributed by atoms with E-state index in [4.69, 9.17) is 4.74 Å². The van der Waals surface area contributed by atoms with Crippen LogP contribution in [0.15, 0.2) is 0 Å². The Bertz CT molecular complexity index is 373.